The lowest BCUT2D eigenvalue weighted by Crippen LogP contribution is -2.41. The Morgan fingerprint density at radius 2 is 1.94 bits per heavy atom. The third-order valence-corrected chi connectivity index (χ3v) is 6.66. The van der Waals surface area contributed by atoms with Gasteiger partial charge in [-0.05, 0) is 55.0 Å². The van der Waals surface area contributed by atoms with Crippen LogP contribution in [0, 0.1) is 12.8 Å². The van der Waals surface area contributed by atoms with Crippen LogP contribution >= 0.6 is 0 Å². The Morgan fingerprint density at radius 3 is 2.69 bits per heavy atom. The molecule has 182 valence electrons. The summed E-state index contributed by atoms with van der Waals surface area (Å²) in [6.45, 7) is 3.30. The lowest BCUT2D eigenvalue weighted by Gasteiger charge is -2.37. The number of rotatable bonds is 6. The molecule has 0 saturated heterocycles. The van der Waals surface area contributed by atoms with Gasteiger partial charge in [-0.2, -0.15) is 13.2 Å². The minimum Gasteiger partial charge on any atom is -0.349 e. The van der Waals surface area contributed by atoms with Crippen LogP contribution in [-0.4, -0.2) is 29.5 Å². The summed E-state index contributed by atoms with van der Waals surface area (Å²) in [6, 6.07) is 10.4. The van der Waals surface area contributed by atoms with Gasteiger partial charge in [0.25, 0.3) is 0 Å². The maximum absolute atomic E-state index is 13.0. The fourth-order valence-corrected chi connectivity index (χ4v) is 4.56. The Labute approximate surface area is 202 Å². The molecular formula is C27H27F3N4O. The zero-order valence-electron chi connectivity index (χ0n) is 19.8. The standard InChI is InChI=1S/C27H27F3N4O/c1-17-6-7-19(11-24(35)20-4-3-5-22(13-20)27(28,29)30)10-23(17)34-15-21-14-31-25(12-18-8-9-18)32-26(21)33(2)16-34/h3-7,10,13-14,18H,8-9,11-12,15-16H2,1-2H3. The summed E-state index contributed by atoms with van der Waals surface area (Å²) < 4.78 is 39.1. The summed E-state index contributed by atoms with van der Waals surface area (Å²) in [7, 11) is 2.01. The summed E-state index contributed by atoms with van der Waals surface area (Å²) in [6.07, 6.45) is 0.922. The molecule has 2 aromatic carbocycles. The average Bonchev–Trinajstić information content (AvgIpc) is 3.64. The van der Waals surface area contributed by atoms with E-state index in [4.69, 9.17) is 4.98 Å². The van der Waals surface area contributed by atoms with Gasteiger partial charge in [0.15, 0.2) is 5.78 Å². The normalized spacial score (nSPS) is 15.8. The van der Waals surface area contributed by atoms with Crippen molar-refractivity contribution in [2.45, 2.75) is 45.3 Å². The molecule has 0 spiro atoms. The van der Waals surface area contributed by atoms with E-state index in [1.807, 2.05) is 38.4 Å². The van der Waals surface area contributed by atoms with Gasteiger partial charge in [-0.1, -0.05) is 24.3 Å². The zero-order valence-corrected chi connectivity index (χ0v) is 19.8. The van der Waals surface area contributed by atoms with Gasteiger partial charge in [0, 0.05) is 49.4 Å². The van der Waals surface area contributed by atoms with Crippen molar-refractivity contribution in [1.82, 2.24) is 9.97 Å². The largest absolute Gasteiger partial charge is 0.416 e. The summed E-state index contributed by atoms with van der Waals surface area (Å²) in [4.78, 5) is 26.5. The number of aryl methyl sites for hydroxylation is 1. The van der Waals surface area contributed by atoms with E-state index in [0.29, 0.717) is 13.2 Å². The highest BCUT2D eigenvalue weighted by atomic mass is 19.4. The van der Waals surface area contributed by atoms with E-state index in [2.05, 4.69) is 14.8 Å². The first-order valence-corrected chi connectivity index (χ1v) is 11.8. The monoisotopic (exact) mass is 480 g/mol. The average molecular weight is 481 g/mol. The van der Waals surface area contributed by atoms with Gasteiger partial charge < -0.3 is 9.80 Å². The van der Waals surface area contributed by atoms with Crippen molar-refractivity contribution in [2.75, 3.05) is 23.5 Å². The third-order valence-electron chi connectivity index (χ3n) is 6.66. The molecule has 1 aromatic heterocycles. The van der Waals surface area contributed by atoms with Crippen LogP contribution in [0.15, 0.2) is 48.7 Å². The van der Waals surface area contributed by atoms with Crippen molar-refractivity contribution in [3.05, 3.63) is 82.3 Å². The number of ketones is 1. The molecule has 0 atom stereocenters. The van der Waals surface area contributed by atoms with E-state index in [9.17, 15) is 18.0 Å². The zero-order chi connectivity index (χ0) is 24.7. The first-order valence-electron chi connectivity index (χ1n) is 11.8. The minimum absolute atomic E-state index is 0.0303. The molecule has 0 unspecified atom stereocenters. The highest BCUT2D eigenvalue weighted by Crippen LogP contribution is 2.34. The molecule has 0 amide bonds. The molecule has 2 aliphatic rings. The Hall–Kier alpha value is -3.42. The number of nitrogens with zero attached hydrogens (tertiary/aromatic N) is 4. The minimum atomic E-state index is -4.48. The molecule has 1 aliphatic carbocycles. The number of anilines is 2. The Morgan fingerprint density at radius 1 is 1.14 bits per heavy atom. The fraction of sp³-hybridized carbons (Fsp3) is 0.370. The van der Waals surface area contributed by atoms with Crippen LogP contribution in [0.2, 0.25) is 0 Å². The maximum Gasteiger partial charge on any atom is 0.416 e. The van der Waals surface area contributed by atoms with E-state index < -0.39 is 11.7 Å². The number of Topliss-reactive ketones (excluding diaryl/α,β-unsaturated/α-hetero) is 1. The van der Waals surface area contributed by atoms with E-state index in [1.165, 1.54) is 25.0 Å². The third kappa shape index (κ3) is 5.16. The second-order valence-electron chi connectivity index (χ2n) is 9.62. The number of aromatic nitrogens is 2. The fourth-order valence-electron chi connectivity index (χ4n) is 4.56. The van der Waals surface area contributed by atoms with Crippen molar-refractivity contribution in [1.29, 1.82) is 0 Å². The molecule has 2 heterocycles. The van der Waals surface area contributed by atoms with Crippen LogP contribution in [0.5, 0.6) is 0 Å². The van der Waals surface area contributed by atoms with Crippen LogP contribution in [0.25, 0.3) is 0 Å². The molecule has 5 rings (SSSR count). The van der Waals surface area contributed by atoms with Crippen LogP contribution < -0.4 is 9.80 Å². The summed E-state index contributed by atoms with van der Waals surface area (Å²) in [5.74, 6) is 2.24. The van der Waals surface area contributed by atoms with Gasteiger partial charge in [-0.15, -0.1) is 0 Å². The van der Waals surface area contributed by atoms with E-state index >= 15 is 0 Å². The molecular weight excluding hydrogens is 453 g/mol. The van der Waals surface area contributed by atoms with Gasteiger partial charge >= 0.3 is 6.18 Å². The van der Waals surface area contributed by atoms with Gasteiger partial charge in [0.1, 0.15) is 11.6 Å². The molecule has 0 N–H and O–H groups in total. The molecule has 1 fully saturated rings. The molecule has 8 heteroatoms. The van der Waals surface area contributed by atoms with Gasteiger partial charge in [-0.3, -0.25) is 4.79 Å². The number of hydrogen-bond acceptors (Lipinski definition) is 5. The van der Waals surface area contributed by atoms with E-state index in [-0.39, 0.29) is 17.8 Å². The van der Waals surface area contributed by atoms with Crippen LogP contribution in [0.1, 0.15) is 51.3 Å². The second-order valence-corrected chi connectivity index (χ2v) is 9.62. The predicted octanol–water partition coefficient (Wildman–Crippen LogP) is 5.60. The maximum atomic E-state index is 13.0. The summed E-state index contributed by atoms with van der Waals surface area (Å²) >= 11 is 0. The number of halogens is 3. The van der Waals surface area contributed by atoms with Crippen LogP contribution in [-0.2, 0) is 25.6 Å². The number of carbonyl (C=O) groups excluding carboxylic acids is 1. The second kappa shape index (κ2) is 8.98. The highest BCUT2D eigenvalue weighted by molar-refractivity contribution is 5.97. The van der Waals surface area contributed by atoms with Crippen molar-refractivity contribution in [3.8, 4) is 0 Å². The molecule has 1 saturated carbocycles. The van der Waals surface area contributed by atoms with Crippen LogP contribution in [0.3, 0.4) is 0 Å². The lowest BCUT2D eigenvalue weighted by molar-refractivity contribution is -0.137. The molecule has 3 aromatic rings. The molecule has 0 bridgehead atoms. The van der Waals surface area contributed by atoms with Crippen molar-refractivity contribution in [2.24, 2.45) is 5.92 Å². The lowest BCUT2D eigenvalue weighted by atomic mass is 9.99. The smallest absolute Gasteiger partial charge is 0.349 e. The number of fused-ring (bicyclic) bond motifs is 1. The van der Waals surface area contributed by atoms with Crippen molar-refractivity contribution in [3.63, 3.8) is 0 Å². The van der Waals surface area contributed by atoms with Crippen molar-refractivity contribution >= 4 is 17.3 Å². The van der Waals surface area contributed by atoms with Gasteiger partial charge in [0.05, 0.1) is 12.2 Å². The SMILES string of the molecule is Cc1ccc(CC(=O)c2cccc(C(F)(F)F)c2)cc1N1Cc2cnc(CC3CC3)nc2N(C)C1. The Bertz CT molecular complexity index is 1270. The number of benzene rings is 2. The number of carbonyl (C=O) groups is 1. The molecule has 1 aliphatic heterocycles. The topological polar surface area (TPSA) is 49.3 Å². The van der Waals surface area contributed by atoms with Crippen LogP contribution in [0.4, 0.5) is 24.7 Å². The van der Waals surface area contributed by atoms with Gasteiger partial charge in [-0.25, -0.2) is 9.97 Å². The number of hydrogen-bond donors (Lipinski definition) is 0. The quantitative estimate of drug-likeness (QED) is 0.430. The summed E-state index contributed by atoms with van der Waals surface area (Å²) in [5, 5.41) is 0. The predicted molar refractivity (Wildman–Crippen MR) is 129 cm³/mol. The molecule has 35 heavy (non-hydrogen) atoms. The first-order chi connectivity index (χ1) is 16.7. The van der Waals surface area contributed by atoms with Crippen molar-refractivity contribution < 1.29 is 18.0 Å². The molecule has 5 nitrogen and oxygen atoms in total. The van der Waals surface area contributed by atoms with E-state index in [0.717, 1.165) is 58.5 Å². The van der Waals surface area contributed by atoms with E-state index in [1.54, 1.807) is 0 Å². The Balaban J connectivity index is 1.35. The number of alkyl halides is 3. The molecule has 0 radical (unpaired) electrons. The highest BCUT2D eigenvalue weighted by Gasteiger charge is 2.31. The van der Waals surface area contributed by atoms with Gasteiger partial charge in [0.2, 0.25) is 0 Å². The summed E-state index contributed by atoms with van der Waals surface area (Å²) in [5.41, 5.74) is 3.10. The Kier molecular flexibility index (Phi) is 5.99. The first kappa shape index (κ1) is 23.3.